The van der Waals surface area contributed by atoms with Gasteiger partial charge in [-0.25, -0.2) is 0 Å². The Hall–Kier alpha value is -2.21. The van der Waals surface area contributed by atoms with E-state index in [1.54, 1.807) is 0 Å². The van der Waals surface area contributed by atoms with E-state index < -0.39 is 5.60 Å². The van der Waals surface area contributed by atoms with Crippen LogP contribution in [0.4, 0.5) is 5.69 Å². The monoisotopic (exact) mass is 315 g/mol. The zero-order valence-corrected chi connectivity index (χ0v) is 13.2. The minimum atomic E-state index is -0.861. The van der Waals surface area contributed by atoms with E-state index in [-0.39, 0.29) is 12.3 Å². The number of amides is 1. The van der Waals surface area contributed by atoms with Crippen LogP contribution in [-0.2, 0) is 4.79 Å². The second kappa shape index (κ2) is 6.50. The third-order valence-electron chi connectivity index (χ3n) is 4.39. The van der Waals surface area contributed by atoms with Crippen molar-refractivity contribution in [2.24, 2.45) is 0 Å². The number of carbonyl (C=O) groups excluding carboxylic acids is 1. The van der Waals surface area contributed by atoms with Crippen molar-refractivity contribution in [1.29, 1.82) is 0 Å². The molecule has 6 nitrogen and oxygen atoms in total. The maximum absolute atomic E-state index is 12.3. The van der Waals surface area contributed by atoms with Gasteiger partial charge in [0.15, 0.2) is 0 Å². The number of benzene rings is 1. The predicted octanol–water partition coefficient (Wildman–Crippen LogP) is 3.07. The zero-order valence-electron chi connectivity index (χ0n) is 13.2. The first-order valence-corrected chi connectivity index (χ1v) is 7.95. The molecule has 1 fully saturated rings. The van der Waals surface area contributed by atoms with Gasteiger partial charge >= 0.3 is 0 Å². The topological polar surface area (TPSA) is 88.3 Å². The fourth-order valence-electron chi connectivity index (χ4n) is 3.07. The van der Waals surface area contributed by atoms with Gasteiger partial charge in [0.2, 0.25) is 18.2 Å². The van der Waals surface area contributed by atoms with Crippen molar-refractivity contribution in [3.8, 4) is 11.5 Å². The van der Waals surface area contributed by atoms with Crippen molar-refractivity contribution in [2.45, 2.75) is 51.0 Å². The van der Waals surface area contributed by atoms with E-state index in [0.717, 1.165) is 30.4 Å². The maximum atomic E-state index is 12.3. The minimum absolute atomic E-state index is 0.136. The molecule has 0 saturated heterocycles. The van der Waals surface area contributed by atoms with Crippen molar-refractivity contribution in [1.82, 2.24) is 10.2 Å². The van der Waals surface area contributed by atoms with E-state index in [1.807, 2.05) is 25.1 Å². The van der Waals surface area contributed by atoms with Crippen LogP contribution in [0.25, 0.3) is 11.5 Å². The summed E-state index contributed by atoms with van der Waals surface area (Å²) in [5.74, 6) is 0.242. The number of rotatable bonds is 4. The highest BCUT2D eigenvalue weighted by Gasteiger charge is 2.31. The third-order valence-corrected chi connectivity index (χ3v) is 4.39. The zero-order chi connectivity index (χ0) is 16.3. The molecular formula is C17H21N3O3. The first kappa shape index (κ1) is 15.7. The van der Waals surface area contributed by atoms with Gasteiger partial charge in [-0.1, -0.05) is 25.3 Å². The largest absolute Gasteiger partial charge is 0.423 e. The highest BCUT2D eigenvalue weighted by Crippen LogP contribution is 2.31. The van der Waals surface area contributed by atoms with Gasteiger partial charge in [-0.15, -0.1) is 10.2 Å². The second-order valence-electron chi connectivity index (χ2n) is 6.28. The number of anilines is 1. The molecular weight excluding hydrogens is 294 g/mol. The average Bonchev–Trinajstić information content (AvgIpc) is 3.04. The van der Waals surface area contributed by atoms with Crippen LogP contribution in [0.3, 0.4) is 0 Å². The van der Waals surface area contributed by atoms with Gasteiger partial charge in [0, 0.05) is 11.3 Å². The summed E-state index contributed by atoms with van der Waals surface area (Å²) in [6.07, 6.45) is 5.90. The van der Waals surface area contributed by atoms with Crippen LogP contribution < -0.4 is 5.32 Å². The summed E-state index contributed by atoms with van der Waals surface area (Å²) in [5.41, 5.74) is 1.53. The molecule has 1 aromatic heterocycles. The lowest BCUT2D eigenvalue weighted by Crippen LogP contribution is -2.36. The van der Waals surface area contributed by atoms with Gasteiger partial charge in [0.1, 0.15) is 0 Å². The SMILES string of the molecule is Cc1ccc(-c2nnco2)cc1NC(=O)CC1(O)CCCCC1. The molecule has 2 aromatic rings. The predicted molar refractivity (Wildman–Crippen MR) is 85.8 cm³/mol. The van der Waals surface area contributed by atoms with Crippen LogP contribution in [0.15, 0.2) is 29.0 Å². The summed E-state index contributed by atoms with van der Waals surface area (Å²) in [4.78, 5) is 12.3. The maximum Gasteiger partial charge on any atom is 0.247 e. The van der Waals surface area contributed by atoms with Gasteiger partial charge in [0.25, 0.3) is 0 Å². The molecule has 1 saturated carbocycles. The summed E-state index contributed by atoms with van der Waals surface area (Å²) in [6.45, 7) is 1.92. The summed E-state index contributed by atoms with van der Waals surface area (Å²) in [7, 11) is 0. The number of hydrogen-bond donors (Lipinski definition) is 2. The Balaban J connectivity index is 1.71. The Kier molecular flexibility index (Phi) is 4.43. The van der Waals surface area contributed by atoms with Crippen LogP contribution in [0.2, 0.25) is 0 Å². The van der Waals surface area contributed by atoms with E-state index in [4.69, 9.17) is 4.42 Å². The summed E-state index contributed by atoms with van der Waals surface area (Å²) >= 11 is 0. The Morgan fingerprint density at radius 1 is 1.35 bits per heavy atom. The van der Waals surface area contributed by atoms with E-state index in [0.29, 0.717) is 24.4 Å². The molecule has 0 unspecified atom stereocenters. The standard InChI is InChI=1S/C17H21N3O3/c1-12-5-6-13(16-20-18-11-23-16)9-14(12)19-15(21)10-17(22)7-3-2-4-8-17/h5-6,9,11,22H,2-4,7-8,10H2,1H3,(H,19,21). The number of aromatic nitrogens is 2. The lowest BCUT2D eigenvalue weighted by atomic mass is 9.82. The molecule has 3 rings (SSSR count). The molecule has 1 heterocycles. The van der Waals surface area contributed by atoms with E-state index in [2.05, 4.69) is 15.5 Å². The van der Waals surface area contributed by atoms with Crippen molar-refractivity contribution in [2.75, 3.05) is 5.32 Å². The molecule has 2 N–H and O–H groups in total. The molecule has 23 heavy (non-hydrogen) atoms. The van der Waals surface area contributed by atoms with Crippen LogP contribution >= 0.6 is 0 Å². The molecule has 1 amide bonds. The lowest BCUT2D eigenvalue weighted by molar-refractivity contribution is -0.122. The van der Waals surface area contributed by atoms with Gasteiger partial charge in [-0.3, -0.25) is 4.79 Å². The van der Waals surface area contributed by atoms with Crippen molar-refractivity contribution in [3.63, 3.8) is 0 Å². The van der Waals surface area contributed by atoms with Crippen LogP contribution in [-0.4, -0.2) is 26.8 Å². The summed E-state index contributed by atoms with van der Waals surface area (Å²) in [5, 5.41) is 20.9. The fourth-order valence-corrected chi connectivity index (χ4v) is 3.07. The highest BCUT2D eigenvalue weighted by atomic mass is 16.4. The summed E-state index contributed by atoms with van der Waals surface area (Å²) in [6, 6.07) is 5.57. The number of carbonyl (C=O) groups is 1. The van der Waals surface area contributed by atoms with Crippen LogP contribution in [0.1, 0.15) is 44.1 Å². The van der Waals surface area contributed by atoms with Crippen molar-refractivity contribution in [3.05, 3.63) is 30.2 Å². The molecule has 0 atom stereocenters. The molecule has 0 spiro atoms. The first-order valence-electron chi connectivity index (χ1n) is 7.95. The fraction of sp³-hybridized carbons (Fsp3) is 0.471. The van der Waals surface area contributed by atoms with Gasteiger partial charge < -0.3 is 14.8 Å². The first-order chi connectivity index (χ1) is 11.1. The highest BCUT2D eigenvalue weighted by molar-refractivity contribution is 5.92. The Morgan fingerprint density at radius 2 is 2.13 bits per heavy atom. The molecule has 1 aliphatic rings. The van der Waals surface area contributed by atoms with E-state index in [1.165, 1.54) is 6.39 Å². The average molecular weight is 315 g/mol. The number of nitrogens with zero attached hydrogens (tertiary/aromatic N) is 2. The normalized spacial score (nSPS) is 17.0. The Labute approximate surface area is 134 Å². The van der Waals surface area contributed by atoms with Gasteiger partial charge in [0.05, 0.1) is 12.0 Å². The number of hydrogen-bond acceptors (Lipinski definition) is 5. The molecule has 0 bridgehead atoms. The molecule has 1 aromatic carbocycles. The molecule has 122 valence electrons. The summed E-state index contributed by atoms with van der Waals surface area (Å²) < 4.78 is 5.18. The minimum Gasteiger partial charge on any atom is -0.423 e. The van der Waals surface area contributed by atoms with Gasteiger partial charge in [-0.2, -0.15) is 0 Å². The Bertz CT molecular complexity index is 676. The van der Waals surface area contributed by atoms with Crippen LogP contribution in [0.5, 0.6) is 0 Å². The molecule has 1 aliphatic carbocycles. The lowest BCUT2D eigenvalue weighted by Gasteiger charge is -2.31. The third kappa shape index (κ3) is 3.76. The Morgan fingerprint density at radius 3 is 2.83 bits per heavy atom. The number of aryl methyl sites for hydroxylation is 1. The second-order valence-corrected chi connectivity index (χ2v) is 6.28. The quantitative estimate of drug-likeness (QED) is 0.905. The molecule has 6 heteroatoms. The molecule has 0 radical (unpaired) electrons. The van der Waals surface area contributed by atoms with E-state index >= 15 is 0 Å². The number of aliphatic hydroxyl groups is 1. The van der Waals surface area contributed by atoms with Crippen LogP contribution in [0, 0.1) is 6.92 Å². The van der Waals surface area contributed by atoms with Gasteiger partial charge in [-0.05, 0) is 37.5 Å². The number of nitrogens with one attached hydrogen (secondary N) is 1. The molecule has 0 aliphatic heterocycles. The smallest absolute Gasteiger partial charge is 0.247 e. The van der Waals surface area contributed by atoms with Crippen molar-refractivity contribution < 1.29 is 14.3 Å². The van der Waals surface area contributed by atoms with Crippen molar-refractivity contribution >= 4 is 11.6 Å². The van der Waals surface area contributed by atoms with E-state index in [9.17, 15) is 9.90 Å².